The minimum Gasteiger partial charge on any atom is -0.488 e. The van der Waals surface area contributed by atoms with E-state index in [9.17, 15) is 27.5 Å². The second kappa shape index (κ2) is 9.70. The van der Waals surface area contributed by atoms with Crippen molar-refractivity contribution >= 4 is 28.7 Å². The smallest absolute Gasteiger partial charge is 0.416 e. The van der Waals surface area contributed by atoms with E-state index in [0.717, 1.165) is 12.1 Å². The Hall–Kier alpha value is -3.39. The summed E-state index contributed by atoms with van der Waals surface area (Å²) in [6, 6.07) is 10.6. The predicted octanol–water partition coefficient (Wildman–Crippen LogP) is 7.57. The first-order chi connectivity index (χ1) is 16.6. The van der Waals surface area contributed by atoms with Crippen LogP contribution in [0.5, 0.6) is 5.75 Å². The largest absolute Gasteiger partial charge is 0.488 e. The summed E-state index contributed by atoms with van der Waals surface area (Å²) in [5, 5.41) is 9.59. The van der Waals surface area contributed by atoms with Crippen molar-refractivity contribution in [2.45, 2.75) is 39.0 Å². The van der Waals surface area contributed by atoms with Crippen LogP contribution in [0, 0.1) is 12.7 Å². The van der Waals surface area contributed by atoms with E-state index in [1.54, 1.807) is 19.1 Å². The van der Waals surface area contributed by atoms with Crippen molar-refractivity contribution in [3.63, 3.8) is 0 Å². The van der Waals surface area contributed by atoms with Crippen LogP contribution in [0.25, 0.3) is 11.1 Å². The number of aromatic nitrogens is 1. The number of alkyl halides is 3. The molecule has 0 atom stereocenters. The molecule has 1 N–H and O–H groups in total. The molecule has 9 heteroatoms. The third-order valence-electron chi connectivity index (χ3n) is 5.89. The molecule has 35 heavy (non-hydrogen) atoms. The molecule has 0 amide bonds. The lowest BCUT2D eigenvalue weighted by atomic mass is 9.96. The number of hydrogen-bond donors (Lipinski definition) is 1. The average molecular weight is 506 g/mol. The average Bonchev–Trinajstić information content (AvgIpc) is 3.28. The van der Waals surface area contributed by atoms with E-state index in [2.05, 4.69) is 4.98 Å². The van der Waals surface area contributed by atoms with Crippen LogP contribution in [0.2, 0.25) is 5.02 Å². The van der Waals surface area contributed by atoms with Crippen LogP contribution in [0.3, 0.4) is 0 Å². The third-order valence-corrected chi connectivity index (χ3v) is 6.25. The van der Waals surface area contributed by atoms with Gasteiger partial charge in [-0.15, -0.1) is 0 Å². The summed E-state index contributed by atoms with van der Waals surface area (Å²) in [5.41, 5.74) is 1.43. The second-order valence-electron chi connectivity index (χ2n) is 8.18. The highest BCUT2D eigenvalue weighted by Crippen LogP contribution is 2.44. The van der Waals surface area contributed by atoms with Crippen LogP contribution in [0.1, 0.15) is 57.7 Å². The number of rotatable bonds is 6. The van der Waals surface area contributed by atoms with E-state index < -0.39 is 23.5 Å². The molecule has 0 saturated heterocycles. The van der Waals surface area contributed by atoms with E-state index in [1.165, 1.54) is 24.3 Å². The Morgan fingerprint density at radius 3 is 2.54 bits per heavy atom. The van der Waals surface area contributed by atoms with Gasteiger partial charge in [-0.3, -0.25) is 0 Å². The predicted molar refractivity (Wildman–Crippen MR) is 124 cm³/mol. The number of aromatic carboxylic acids is 1. The van der Waals surface area contributed by atoms with E-state index in [4.69, 9.17) is 16.3 Å². The number of benzene rings is 2. The molecule has 4 rings (SSSR count). The monoisotopic (exact) mass is 505 g/mol. The summed E-state index contributed by atoms with van der Waals surface area (Å²) in [4.78, 5) is 15.8. The maximum atomic E-state index is 14.2. The molecule has 0 spiro atoms. The fourth-order valence-corrected chi connectivity index (χ4v) is 4.34. The Bertz CT molecular complexity index is 1310. The van der Waals surface area contributed by atoms with Gasteiger partial charge in [0.25, 0.3) is 0 Å². The normalized spacial score (nSPS) is 13.9. The quantitative estimate of drug-likeness (QED) is 0.351. The Morgan fingerprint density at radius 2 is 1.86 bits per heavy atom. The SMILES string of the molecule is Cc1ccc(C2=C(c3cc(C(F)(F)F)ccc3OCc3c(F)cccc3Cl)CCC2)nc1C(=O)O. The number of aryl methyl sites for hydroxylation is 1. The zero-order chi connectivity index (χ0) is 25.3. The van der Waals surface area contributed by atoms with Crippen molar-refractivity contribution in [2.75, 3.05) is 0 Å². The summed E-state index contributed by atoms with van der Waals surface area (Å²) in [6.45, 7) is 1.34. The Labute approximate surface area is 203 Å². The van der Waals surface area contributed by atoms with Gasteiger partial charge in [0.05, 0.1) is 16.3 Å². The summed E-state index contributed by atoms with van der Waals surface area (Å²) >= 11 is 6.07. The topological polar surface area (TPSA) is 59.4 Å². The molecular weight excluding hydrogens is 486 g/mol. The van der Waals surface area contributed by atoms with Gasteiger partial charge in [0.1, 0.15) is 18.2 Å². The molecule has 0 bridgehead atoms. The van der Waals surface area contributed by atoms with E-state index in [-0.39, 0.29) is 34.2 Å². The van der Waals surface area contributed by atoms with Crippen molar-refractivity contribution < 1.29 is 32.2 Å². The number of carboxylic acids is 1. The van der Waals surface area contributed by atoms with Gasteiger partial charge in [0.15, 0.2) is 5.69 Å². The minimum absolute atomic E-state index is 0.0898. The fraction of sp³-hybridized carbons (Fsp3) is 0.231. The van der Waals surface area contributed by atoms with Crippen LogP contribution in [-0.4, -0.2) is 16.1 Å². The molecule has 1 aromatic heterocycles. The summed E-state index contributed by atoms with van der Waals surface area (Å²) in [7, 11) is 0. The highest BCUT2D eigenvalue weighted by atomic mass is 35.5. The van der Waals surface area contributed by atoms with Crippen molar-refractivity contribution in [3.05, 3.63) is 93.0 Å². The number of pyridine rings is 1. The molecule has 1 aliphatic carbocycles. The number of carbonyl (C=O) groups is 1. The van der Waals surface area contributed by atoms with Crippen molar-refractivity contribution in [1.82, 2.24) is 4.98 Å². The number of halogens is 5. The van der Waals surface area contributed by atoms with Gasteiger partial charge in [0.2, 0.25) is 0 Å². The minimum atomic E-state index is -4.58. The number of carboxylic acid groups (broad SMARTS) is 1. The lowest BCUT2D eigenvalue weighted by Gasteiger charge is -2.17. The molecule has 0 radical (unpaired) electrons. The summed E-state index contributed by atoms with van der Waals surface area (Å²) in [5.74, 6) is -1.64. The summed E-state index contributed by atoms with van der Waals surface area (Å²) in [6.07, 6.45) is -2.97. The van der Waals surface area contributed by atoms with Crippen molar-refractivity contribution in [3.8, 4) is 5.75 Å². The number of allylic oxidation sites excluding steroid dienone is 2. The van der Waals surface area contributed by atoms with Crippen LogP contribution in [-0.2, 0) is 12.8 Å². The first-order valence-electron chi connectivity index (χ1n) is 10.8. The lowest BCUT2D eigenvalue weighted by molar-refractivity contribution is -0.137. The molecule has 2 aromatic carbocycles. The van der Waals surface area contributed by atoms with Gasteiger partial charge in [-0.1, -0.05) is 23.7 Å². The van der Waals surface area contributed by atoms with Crippen LogP contribution in [0.15, 0.2) is 48.5 Å². The molecule has 3 aromatic rings. The lowest BCUT2D eigenvalue weighted by Crippen LogP contribution is -2.08. The van der Waals surface area contributed by atoms with Gasteiger partial charge < -0.3 is 9.84 Å². The maximum Gasteiger partial charge on any atom is 0.416 e. The second-order valence-corrected chi connectivity index (χ2v) is 8.58. The number of hydrogen-bond acceptors (Lipinski definition) is 3. The van der Waals surface area contributed by atoms with Crippen molar-refractivity contribution in [2.24, 2.45) is 0 Å². The molecule has 0 fully saturated rings. The maximum absolute atomic E-state index is 14.2. The van der Waals surface area contributed by atoms with E-state index >= 15 is 0 Å². The van der Waals surface area contributed by atoms with Gasteiger partial charge in [0, 0.05) is 11.1 Å². The molecule has 0 aliphatic heterocycles. The highest BCUT2D eigenvalue weighted by molar-refractivity contribution is 6.31. The van der Waals surface area contributed by atoms with Crippen molar-refractivity contribution in [1.29, 1.82) is 0 Å². The van der Waals surface area contributed by atoms with E-state index in [0.29, 0.717) is 41.7 Å². The Kier molecular flexibility index (Phi) is 6.85. The van der Waals surface area contributed by atoms with Crippen LogP contribution >= 0.6 is 11.6 Å². The zero-order valence-corrected chi connectivity index (χ0v) is 19.3. The Balaban J connectivity index is 1.82. The van der Waals surface area contributed by atoms with Gasteiger partial charge in [-0.2, -0.15) is 13.2 Å². The molecule has 182 valence electrons. The standard InChI is InChI=1S/C26H20ClF4NO3/c1-14-8-10-22(32-24(14)25(33)34)17-5-2-4-16(17)18-12-15(26(29,30)31)9-11-23(18)35-13-19-20(27)6-3-7-21(19)28/h3,6-12H,2,4-5,13H2,1H3,(H,33,34). The number of nitrogens with zero attached hydrogens (tertiary/aromatic N) is 1. The third kappa shape index (κ3) is 5.17. The summed E-state index contributed by atoms with van der Waals surface area (Å²) < 4.78 is 60.6. The van der Waals surface area contributed by atoms with Crippen LogP contribution < -0.4 is 4.74 Å². The van der Waals surface area contributed by atoms with Gasteiger partial charge >= 0.3 is 12.1 Å². The van der Waals surface area contributed by atoms with Gasteiger partial charge in [-0.05, 0) is 79.3 Å². The number of ether oxygens (including phenoxy) is 1. The van der Waals surface area contributed by atoms with E-state index in [1.807, 2.05) is 0 Å². The zero-order valence-electron chi connectivity index (χ0n) is 18.5. The molecule has 0 saturated carbocycles. The Morgan fingerprint density at radius 1 is 1.11 bits per heavy atom. The van der Waals surface area contributed by atoms with Gasteiger partial charge in [-0.25, -0.2) is 14.2 Å². The highest BCUT2D eigenvalue weighted by Gasteiger charge is 2.32. The molecular formula is C26H20ClF4NO3. The van der Waals surface area contributed by atoms with Crippen LogP contribution in [0.4, 0.5) is 17.6 Å². The first kappa shape index (κ1) is 24.7. The molecule has 1 aliphatic rings. The fourth-order valence-electron chi connectivity index (χ4n) is 4.13. The molecule has 1 heterocycles. The molecule has 4 nitrogen and oxygen atoms in total. The molecule has 0 unspecified atom stereocenters. The first-order valence-corrected chi connectivity index (χ1v) is 11.1.